The van der Waals surface area contributed by atoms with Crippen LogP contribution in [0, 0.1) is 0 Å². The molecule has 21 heavy (non-hydrogen) atoms. The zero-order chi connectivity index (χ0) is 14.7. The number of carbonyl (C=O) groups is 1. The molecule has 0 unspecified atom stereocenters. The summed E-state index contributed by atoms with van der Waals surface area (Å²) in [5, 5.41) is 9.15. The van der Waals surface area contributed by atoms with Crippen molar-refractivity contribution in [2.45, 2.75) is 31.8 Å². The van der Waals surface area contributed by atoms with Crippen LogP contribution in [0.1, 0.15) is 36.0 Å². The van der Waals surface area contributed by atoms with Gasteiger partial charge in [-0.15, -0.1) is 0 Å². The molecule has 0 bridgehead atoms. The highest BCUT2D eigenvalue weighted by Gasteiger charge is 2.20. The molecule has 1 aliphatic rings. The van der Waals surface area contributed by atoms with Crippen molar-refractivity contribution in [3.8, 4) is 17.0 Å². The molecule has 1 aromatic heterocycles. The summed E-state index contributed by atoms with van der Waals surface area (Å²) in [6, 6.07) is 11.3. The Morgan fingerprint density at radius 2 is 1.90 bits per heavy atom. The van der Waals surface area contributed by atoms with E-state index in [9.17, 15) is 4.79 Å². The molecule has 0 atom stereocenters. The van der Waals surface area contributed by atoms with Crippen molar-refractivity contribution in [3.63, 3.8) is 0 Å². The molecule has 4 nitrogen and oxygen atoms in total. The zero-order valence-corrected chi connectivity index (χ0v) is 11.7. The second-order valence-corrected chi connectivity index (χ2v) is 5.27. The first-order valence-corrected chi connectivity index (χ1v) is 7.19. The third-order valence-electron chi connectivity index (χ3n) is 3.76. The van der Waals surface area contributed by atoms with Crippen LogP contribution >= 0.6 is 0 Å². The van der Waals surface area contributed by atoms with Crippen LogP contribution in [-0.2, 0) is 0 Å². The van der Waals surface area contributed by atoms with Crippen LogP contribution in [0.2, 0.25) is 0 Å². The molecule has 0 amide bonds. The molecule has 1 aliphatic carbocycles. The van der Waals surface area contributed by atoms with Crippen molar-refractivity contribution in [2.75, 3.05) is 0 Å². The summed E-state index contributed by atoms with van der Waals surface area (Å²) >= 11 is 0. The monoisotopic (exact) mass is 283 g/mol. The predicted molar refractivity (Wildman–Crippen MR) is 79.5 cm³/mol. The van der Waals surface area contributed by atoms with Gasteiger partial charge in [0.15, 0.2) is 0 Å². The van der Waals surface area contributed by atoms with Crippen molar-refractivity contribution >= 4 is 5.97 Å². The Balaban J connectivity index is 1.99. The van der Waals surface area contributed by atoms with Gasteiger partial charge in [-0.3, -0.25) is 0 Å². The van der Waals surface area contributed by atoms with Crippen molar-refractivity contribution in [1.82, 2.24) is 4.98 Å². The average molecular weight is 283 g/mol. The predicted octanol–water partition coefficient (Wildman–Crippen LogP) is 3.77. The van der Waals surface area contributed by atoms with E-state index in [1.807, 2.05) is 30.3 Å². The Hall–Kier alpha value is -2.36. The fourth-order valence-electron chi connectivity index (χ4n) is 2.65. The second kappa shape index (κ2) is 5.95. The minimum absolute atomic E-state index is 0.174. The first-order chi connectivity index (χ1) is 10.2. The molecule has 1 saturated carbocycles. The van der Waals surface area contributed by atoms with E-state index in [-0.39, 0.29) is 11.7 Å². The molecule has 108 valence electrons. The SMILES string of the molecule is O=C(O)c1cnc(OC2CCCC2)c(-c2ccccc2)c1. The van der Waals surface area contributed by atoms with Crippen molar-refractivity contribution < 1.29 is 14.6 Å². The van der Waals surface area contributed by atoms with Gasteiger partial charge in [-0.25, -0.2) is 9.78 Å². The average Bonchev–Trinajstić information content (AvgIpc) is 3.01. The summed E-state index contributed by atoms with van der Waals surface area (Å²) in [7, 11) is 0. The molecular weight excluding hydrogens is 266 g/mol. The van der Waals surface area contributed by atoms with E-state index in [1.54, 1.807) is 6.07 Å². The number of benzene rings is 1. The number of aromatic nitrogens is 1. The maximum Gasteiger partial charge on any atom is 0.337 e. The summed E-state index contributed by atoms with van der Waals surface area (Å²) in [4.78, 5) is 15.4. The number of pyridine rings is 1. The van der Waals surface area contributed by atoms with E-state index < -0.39 is 5.97 Å². The van der Waals surface area contributed by atoms with E-state index in [0.29, 0.717) is 5.88 Å². The number of nitrogens with zero attached hydrogens (tertiary/aromatic N) is 1. The minimum Gasteiger partial charge on any atom is -0.478 e. The van der Waals surface area contributed by atoms with Crippen LogP contribution in [0.25, 0.3) is 11.1 Å². The molecular formula is C17H17NO3. The highest BCUT2D eigenvalue weighted by molar-refractivity contribution is 5.89. The fourth-order valence-corrected chi connectivity index (χ4v) is 2.65. The number of rotatable bonds is 4. The lowest BCUT2D eigenvalue weighted by Crippen LogP contribution is -2.13. The fraction of sp³-hybridized carbons (Fsp3) is 0.294. The molecule has 4 heteroatoms. The largest absolute Gasteiger partial charge is 0.478 e. The van der Waals surface area contributed by atoms with Gasteiger partial charge in [-0.1, -0.05) is 30.3 Å². The van der Waals surface area contributed by atoms with Gasteiger partial charge in [0.1, 0.15) is 6.10 Å². The third-order valence-corrected chi connectivity index (χ3v) is 3.76. The van der Waals surface area contributed by atoms with Gasteiger partial charge in [0.05, 0.1) is 5.56 Å². The standard InChI is InChI=1S/C17H17NO3/c19-17(20)13-10-15(12-6-2-1-3-7-12)16(18-11-13)21-14-8-4-5-9-14/h1-3,6-7,10-11,14H,4-5,8-9H2,(H,19,20). The highest BCUT2D eigenvalue weighted by atomic mass is 16.5. The summed E-state index contributed by atoms with van der Waals surface area (Å²) in [6.07, 6.45) is 5.99. The topological polar surface area (TPSA) is 59.4 Å². The smallest absolute Gasteiger partial charge is 0.337 e. The molecule has 1 N–H and O–H groups in total. The van der Waals surface area contributed by atoms with Crippen LogP contribution in [-0.4, -0.2) is 22.2 Å². The molecule has 0 radical (unpaired) electrons. The lowest BCUT2D eigenvalue weighted by atomic mass is 10.1. The van der Waals surface area contributed by atoms with Crippen molar-refractivity contribution in [3.05, 3.63) is 48.2 Å². The van der Waals surface area contributed by atoms with E-state index in [1.165, 1.54) is 19.0 Å². The van der Waals surface area contributed by atoms with E-state index in [2.05, 4.69) is 4.98 Å². The van der Waals surface area contributed by atoms with Crippen LogP contribution in [0.4, 0.5) is 0 Å². The minimum atomic E-state index is -0.980. The van der Waals surface area contributed by atoms with Crippen molar-refractivity contribution in [1.29, 1.82) is 0 Å². The van der Waals surface area contributed by atoms with E-state index in [0.717, 1.165) is 24.0 Å². The molecule has 1 fully saturated rings. The Bertz CT molecular complexity index is 634. The number of carboxylic acid groups (broad SMARTS) is 1. The Morgan fingerprint density at radius 3 is 2.57 bits per heavy atom. The molecule has 0 spiro atoms. The maximum atomic E-state index is 11.2. The number of hydrogen-bond acceptors (Lipinski definition) is 3. The number of hydrogen-bond donors (Lipinski definition) is 1. The molecule has 1 heterocycles. The molecule has 0 aliphatic heterocycles. The number of carboxylic acids is 1. The van der Waals surface area contributed by atoms with Gasteiger partial charge in [-0.05, 0) is 37.3 Å². The van der Waals surface area contributed by atoms with Gasteiger partial charge in [-0.2, -0.15) is 0 Å². The van der Waals surface area contributed by atoms with Crippen LogP contribution in [0.15, 0.2) is 42.6 Å². The van der Waals surface area contributed by atoms with Crippen molar-refractivity contribution in [2.24, 2.45) is 0 Å². The molecule has 3 rings (SSSR count). The summed E-state index contributed by atoms with van der Waals surface area (Å²) in [5.74, 6) is -0.454. The van der Waals surface area contributed by atoms with Gasteiger partial charge in [0.2, 0.25) is 5.88 Å². The van der Waals surface area contributed by atoms with Gasteiger partial charge in [0.25, 0.3) is 0 Å². The van der Waals surface area contributed by atoms with E-state index in [4.69, 9.17) is 9.84 Å². The normalized spacial score (nSPS) is 15.0. The number of ether oxygens (including phenoxy) is 1. The van der Waals surface area contributed by atoms with E-state index >= 15 is 0 Å². The second-order valence-electron chi connectivity index (χ2n) is 5.27. The Morgan fingerprint density at radius 1 is 1.19 bits per heavy atom. The third kappa shape index (κ3) is 3.05. The van der Waals surface area contributed by atoms with Gasteiger partial charge >= 0.3 is 5.97 Å². The van der Waals surface area contributed by atoms with Crippen LogP contribution < -0.4 is 4.74 Å². The zero-order valence-electron chi connectivity index (χ0n) is 11.7. The lowest BCUT2D eigenvalue weighted by Gasteiger charge is -2.16. The van der Waals surface area contributed by atoms with Gasteiger partial charge in [0, 0.05) is 11.8 Å². The first kappa shape index (κ1) is 13.6. The van der Waals surface area contributed by atoms with Crippen LogP contribution in [0.3, 0.4) is 0 Å². The molecule has 1 aromatic carbocycles. The summed E-state index contributed by atoms with van der Waals surface area (Å²) < 4.78 is 5.99. The Labute approximate surface area is 123 Å². The highest BCUT2D eigenvalue weighted by Crippen LogP contribution is 2.32. The summed E-state index contributed by atoms with van der Waals surface area (Å²) in [5.41, 5.74) is 1.83. The maximum absolute atomic E-state index is 11.2. The first-order valence-electron chi connectivity index (χ1n) is 7.19. The lowest BCUT2D eigenvalue weighted by molar-refractivity contribution is 0.0696. The number of aromatic carboxylic acids is 1. The van der Waals surface area contributed by atoms with Gasteiger partial charge < -0.3 is 9.84 Å². The quantitative estimate of drug-likeness (QED) is 0.928. The van der Waals surface area contributed by atoms with Crippen LogP contribution in [0.5, 0.6) is 5.88 Å². The molecule has 2 aromatic rings. The molecule has 0 saturated heterocycles. The summed E-state index contributed by atoms with van der Waals surface area (Å²) in [6.45, 7) is 0. The Kier molecular flexibility index (Phi) is 3.86.